The molecule has 1 atom stereocenters. The molecular weight excluding hydrogens is 302 g/mol. The molecule has 0 N–H and O–H groups in total. The number of benzene rings is 1. The second kappa shape index (κ2) is 6.85. The largest absolute Gasteiger partial charge is 0.426 e. The lowest BCUT2D eigenvalue weighted by molar-refractivity contribution is -0.293. The molecule has 4 nitrogen and oxygen atoms in total. The van der Waals surface area contributed by atoms with Crippen LogP contribution in [0.1, 0.15) is 72.3 Å². The van der Waals surface area contributed by atoms with Crippen molar-refractivity contribution in [2.45, 2.75) is 77.8 Å². The van der Waals surface area contributed by atoms with Crippen LogP contribution in [0.15, 0.2) is 24.3 Å². The highest BCUT2D eigenvalue weighted by atomic mass is 16.5. The lowest BCUT2D eigenvalue weighted by Crippen LogP contribution is -2.59. The van der Waals surface area contributed by atoms with E-state index in [1.165, 1.54) is 5.56 Å². The predicted octanol–water partition coefficient (Wildman–Crippen LogP) is 4.72. The Bertz CT molecular complexity index is 559. The van der Waals surface area contributed by atoms with Crippen LogP contribution >= 0.6 is 0 Å². The van der Waals surface area contributed by atoms with Gasteiger partial charge >= 0.3 is 5.97 Å². The van der Waals surface area contributed by atoms with E-state index < -0.39 is 11.1 Å². The van der Waals surface area contributed by atoms with Crippen molar-refractivity contribution in [2.75, 3.05) is 0 Å². The molecule has 1 heterocycles. The summed E-state index contributed by atoms with van der Waals surface area (Å²) in [6, 6.07) is 7.76. The fourth-order valence-electron chi connectivity index (χ4n) is 3.73. The number of esters is 1. The summed E-state index contributed by atoms with van der Waals surface area (Å²) in [5.74, 6) is 0.583. The average molecular weight is 332 g/mol. The van der Waals surface area contributed by atoms with Crippen molar-refractivity contribution in [3.8, 4) is 5.75 Å². The van der Waals surface area contributed by atoms with Gasteiger partial charge in [-0.05, 0) is 70.6 Å². The summed E-state index contributed by atoms with van der Waals surface area (Å²) in [4.78, 5) is 12.6. The average Bonchev–Trinajstić information content (AvgIpc) is 2.51. The molecule has 133 valence electrons. The summed E-state index contributed by atoms with van der Waals surface area (Å²) in [7, 11) is 0. The Morgan fingerprint density at radius 1 is 1.17 bits per heavy atom. The lowest BCUT2D eigenvalue weighted by atomic mass is 9.75. The van der Waals surface area contributed by atoms with E-state index in [-0.39, 0.29) is 11.9 Å². The first kappa shape index (κ1) is 18.9. The quantitative estimate of drug-likeness (QED) is 0.592. The minimum Gasteiger partial charge on any atom is -0.426 e. The van der Waals surface area contributed by atoms with Gasteiger partial charge in [-0.25, -0.2) is 0 Å². The van der Waals surface area contributed by atoms with Crippen LogP contribution in [0.5, 0.6) is 5.75 Å². The van der Waals surface area contributed by atoms with Gasteiger partial charge in [0.2, 0.25) is 0 Å². The van der Waals surface area contributed by atoms with Gasteiger partial charge in [0.25, 0.3) is 0 Å². The molecule has 2 rings (SSSR count). The third-order valence-electron chi connectivity index (χ3n) is 5.20. The molecule has 0 amide bonds. The molecule has 1 radical (unpaired) electrons. The van der Waals surface area contributed by atoms with E-state index in [0.29, 0.717) is 24.5 Å². The highest BCUT2D eigenvalue weighted by Gasteiger charge is 2.48. The van der Waals surface area contributed by atoms with Gasteiger partial charge in [-0.1, -0.05) is 26.0 Å². The molecule has 1 aromatic carbocycles. The maximum Gasteiger partial charge on any atom is 0.314 e. The van der Waals surface area contributed by atoms with Crippen LogP contribution < -0.4 is 4.74 Å². The van der Waals surface area contributed by atoms with Crippen molar-refractivity contribution in [1.82, 2.24) is 5.06 Å². The first-order valence-electron chi connectivity index (χ1n) is 8.86. The second-order valence-corrected chi connectivity index (χ2v) is 8.32. The molecule has 0 aromatic heterocycles. The molecule has 1 aromatic rings. The minimum atomic E-state index is -0.564. The van der Waals surface area contributed by atoms with Gasteiger partial charge in [0.1, 0.15) is 5.75 Å². The van der Waals surface area contributed by atoms with Crippen LogP contribution in [0, 0.1) is 5.92 Å². The van der Waals surface area contributed by atoms with Gasteiger partial charge in [-0.3, -0.25) is 4.79 Å². The Balaban J connectivity index is 2.07. The maximum atomic E-state index is 12.6. The number of carbonyl (C=O) groups is 1. The van der Waals surface area contributed by atoms with Gasteiger partial charge in [0.05, 0.1) is 5.92 Å². The van der Waals surface area contributed by atoms with Gasteiger partial charge < -0.3 is 4.74 Å². The van der Waals surface area contributed by atoms with Gasteiger partial charge in [-0.2, -0.15) is 0 Å². The molecule has 24 heavy (non-hydrogen) atoms. The molecule has 1 aliphatic heterocycles. The van der Waals surface area contributed by atoms with E-state index in [9.17, 15) is 10.0 Å². The minimum absolute atomic E-state index is 0.236. The number of hydrogen-bond donors (Lipinski definition) is 0. The Kier molecular flexibility index (Phi) is 5.41. The zero-order valence-electron chi connectivity index (χ0n) is 15.8. The molecule has 0 spiro atoms. The van der Waals surface area contributed by atoms with Crippen molar-refractivity contribution >= 4 is 5.97 Å². The fraction of sp³-hybridized carbons (Fsp3) is 0.650. The summed E-state index contributed by atoms with van der Waals surface area (Å²) < 4.78 is 5.58. The van der Waals surface area contributed by atoms with Crippen LogP contribution in [0.25, 0.3) is 0 Å². The summed E-state index contributed by atoms with van der Waals surface area (Å²) >= 11 is 0. The third kappa shape index (κ3) is 3.98. The number of ether oxygens (including phenoxy) is 1. The SMILES string of the molecule is CCC(C)c1ccc(OC(=O)C2CC(C)(C)N([O])C(C)(C)C2)cc1. The summed E-state index contributed by atoms with van der Waals surface area (Å²) in [5, 5.41) is 13.5. The normalized spacial score (nSPS) is 22.1. The fourth-order valence-corrected chi connectivity index (χ4v) is 3.73. The molecule has 4 heteroatoms. The number of piperidine rings is 1. The van der Waals surface area contributed by atoms with Crippen molar-refractivity contribution in [3.63, 3.8) is 0 Å². The van der Waals surface area contributed by atoms with Crippen LogP contribution in [-0.2, 0) is 10.0 Å². The van der Waals surface area contributed by atoms with Crippen LogP contribution in [0.2, 0.25) is 0 Å². The molecule has 0 saturated carbocycles. The van der Waals surface area contributed by atoms with Gasteiger partial charge in [0, 0.05) is 11.1 Å². The molecule has 0 bridgehead atoms. The number of hydroxylamine groups is 2. The first-order valence-corrected chi connectivity index (χ1v) is 8.86. The Morgan fingerprint density at radius 2 is 1.67 bits per heavy atom. The summed E-state index contributed by atoms with van der Waals surface area (Å²) in [5.41, 5.74) is 0.122. The third-order valence-corrected chi connectivity index (χ3v) is 5.20. The summed E-state index contributed by atoms with van der Waals surface area (Å²) in [6.07, 6.45) is 2.12. The predicted molar refractivity (Wildman–Crippen MR) is 94.2 cm³/mol. The van der Waals surface area contributed by atoms with E-state index >= 15 is 0 Å². The zero-order chi connectivity index (χ0) is 18.1. The smallest absolute Gasteiger partial charge is 0.314 e. The number of rotatable bonds is 4. The van der Waals surface area contributed by atoms with E-state index in [4.69, 9.17) is 4.74 Å². The lowest BCUT2D eigenvalue weighted by Gasteiger charge is -2.49. The summed E-state index contributed by atoms with van der Waals surface area (Å²) in [6.45, 7) is 11.9. The van der Waals surface area contributed by atoms with E-state index in [2.05, 4.69) is 13.8 Å². The first-order chi connectivity index (χ1) is 11.1. The highest BCUT2D eigenvalue weighted by Crippen LogP contribution is 2.40. The van der Waals surface area contributed by atoms with E-state index in [0.717, 1.165) is 11.5 Å². The Labute approximate surface area is 145 Å². The number of carbonyl (C=O) groups excluding carboxylic acids is 1. The Hall–Kier alpha value is -1.39. The topological polar surface area (TPSA) is 49.4 Å². The second-order valence-electron chi connectivity index (χ2n) is 8.32. The van der Waals surface area contributed by atoms with Crippen molar-refractivity contribution in [3.05, 3.63) is 29.8 Å². The molecule has 1 saturated heterocycles. The zero-order valence-corrected chi connectivity index (χ0v) is 15.8. The van der Waals surface area contributed by atoms with Crippen molar-refractivity contribution in [2.24, 2.45) is 5.92 Å². The molecule has 0 aliphatic carbocycles. The van der Waals surface area contributed by atoms with Crippen molar-refractivity contribution < 1.29 is 14.7 Å². The number of nitrogens with zero attached hydrogens (tertiary/aromatic N) is 1. The van der Waals surface area contributed by atoms with Gasteiger partial charge in [-0.15, -0.1) is 10.3 Å². The highest BCUT2D eigenvalue weighted by molar-refractivity contribution is 5.75. The van der Waals surface area contributed by atoms with E-state index in [1.807, 2.05) is 52.0 Å². The monoisotopic (exact) mass is 332 g/mol. The van der Waals surface area contributed by atoms with Crippen LogP contribution in [0.3, 0.4) is 0 Å². The Morgan fingerprint density at radius 3 is 2.12 bits per heavy atom. The standard InChI is InChI=1S/C20H30NO3/c1-7-14(2)15-8-10-17(11-9-15)24-18(22)16-12-19(3,4)21(23)20(5,6)13-16/h8-11,14,16H,7,12-13H2,1-6H3. The molecule has 1 fully saturated rings. The van der Waals surface area contributed by atoms with Gasteiger partial charge in [0.15, 0.2) is 0 Å². The van der Waals surface area contributed by atoms with Crippen molar-refractivity contribution in [1.29, 1.82) is 0 Å². The molecular formula is C20H30NO3. The van der Waals surface area contributed by atoms with E-state index in [1.54, 1.807) is 0 Å². The number of hydrogen-bond acceptors (Lipinski definition) is 3. The van der Waals surface area contributed by atoms with Crippen LogP contribution in [-0.4, -0.2) is 22.1 Å². The van der Waals surface area contributed by atoms with Crippen LogP contribution in [0.4, 0.5) is 0 Å². The molecule has 1 unspecified atom stereocenters. The molecule has 1 aliphatic rings. The maximum absolute atomic E-state index is 12.6.